The van der Waals surface area contributed by atoms with E-state index in [0.717, 1.165) is 19.1 Å². The molecule has 0 amide bonds. The van der Waals surface area contributed by atoms with Crippen molar-refractivity contribution in [3.05, 3.63) is 35.4 Å². The van der Waals surface area contributed by atoms with Gasteiger partial charge in [0.2, 0.25) is 0 Å². The van der Waals surface area contributed by atoms with Crippen molar-refractivity contribution >= 4 is 29.9 Å². The Labute approximate surface area is 176 Å². The summed E-state index contributed by atoms with van der Waals surface area (Å²) in [6, 6.07) is 3.76. The van der Waals surface area contributed by atoms with Crippen molar-refractivity contribution in [1.29, 1.82) is 0 Å². The number of benzene rings is 1. The molecule has 1 aliphatic heterocycles. The van der Waals surface area contributed by atoms with E-state index in [4.69, 9.17) is 4.74 Å². The molecule has 1 aromatic carbocycles. The molecule has 1 saturated heterocycles. The summed E-state index contributed by atoms with van der Waals surface area (Å²) in [5, 5.41) is 6.91. The van der Waals surface area contributed by atoms with Crippen LogP contribution in [0.5, 0.6) is 0 Å². The van der Waals surface area contributed by atoms with Crippen LogP contribution in [0.4, 0.5) is 8.78 Å². The molecule has 1 heterocycles. The molecule has 0 bridgehead atoms. The first kappa shape index (κ1) is 20.8. The Morgan fingerprint density at radius 1 is 1.37 bits per heavy atom. The van der Waals surface area contributed by atoms with Crippen molar-refractivity contribution < 1.29 is 13.5 Å². The average molecular weight is 491 g/mol. The molecular weight excluding hydrogens is 463 g/mol. The van der Waals surface area contributed by atoms with Crippen molar-refractivity contribution in [2.24, 2.45) is 16.3 Å². The molecule has 4 nitrogen and oxygen atoms in total. The van der Waals surface area contributed by atoms with Crippen LogP contribution in [0.25, 0.3) is 0 Å². The summed E-state index contributed by atoms with van der Waals surface area (Å²) in [5.74, 6) is 0.138. The number of halogens is 3. The maximum atomic E-state index is 14.1. The van der Waals surface area contributed by atoms with E-state index in [9.17, 15) is 8.78 Å². The molecule has 2 N–H and O–H groups in total. The largest absolute Gasteiger partial charge is 0.377 e. The number of guanidine groups is 1. The van der Waals surface area contributed by atoms with Gasteiger partial charge in [0.15, 0.2) is 5.96 Å². The molecule has 3 aliphatic rings. The van der Waals surface area contributed by atoms with Gasteiger partial charge in [-0.25, -0.2) is 8.78 Å². The summed E-state index contributed by atoms with van der Waals surface area (Å²) >= 11 is 0. The first-order valence-corrected chi connectivity index (χ1v) is 9.69. The Morgan fingerprint density at radius 3 is 2.78 bits per heavy atom. The maximum absolute atomic E-state index is 14.1. The molecule has 27 heavy (non-hydrogen) atoms. The van der Waals surface area contributed by atoms with Gasteiger partial charge in [-0.1, -0.05) is 12.5 Å². The number of fused-ring (bicyclic) bond motifs is 2. The van der Waals surface area contributed by atoms with Crippen LogP contribution in [0.2, 0.25) is 0 Å². The number of ether oxygens (including phenoxy) is 1. The summed E-state index contributed by atoms with van der Waals surface area (Å²) in [6.07, 6.45) is 5.14. The average Bonchev–Trinajstić information content (AvgIpc) is 2.96. The lowest BCUT2D eigenvalue weighted by atomic mass is 9.46. The van der Waals surface area contributed by atoms with Gasteiger partial charge in [0.05, 0.1) is 12.1 Å². The molecule has 7 heteroatoms. The van der Waals surface area contributed by atoms with Crippen molar-refractivity contribution in [1.82, 2.24) is 10.6 Å². The summed E-state index contributed by atoms with van der Waals surface area (Å²) in [5.41, 5.74) is 0.688. The summed E-state index contributed by atoms with van der Waals surface area (Å²) < 4.78 is 33.2. The van der Waals surface area contributed by atoms with Gasteiger partial charge < -0.3 is 15.4 Å². The van der Waals surface area contributed by atoms with Crippen LogP contribution in [-0.2, 0) is 4.74 Å². The monoisotopic (exact) mass is 491 g/mol. The van der Waals surface area contributed by atoms with Crippen LogP contribution in [0.1, 0.15) is 51.1 Å². The predicted octanol–water partition coefficient (Wildman–Crippen LogP) is 4.16. The van der Waals surface area contributed by atoms with Gasteiger partial charge in [0.1, 0.15) is 11.6 Å². The summed E-state index contributed by atoms with van der Waals surface area (Å²) in [4.78, 5) is 4.55. The van der Waals surface area contributed by atoms with Gasteiger partial charge in [-0.15, -0.1) is 24.0 Å². The number of aliphatic imine (C=N–C) groups is 1. The number of hydrogen-bond donors (Lipinski definition) is 2. The fourth-order valence-electron chi connectivity index (χ4n) is 5.03. The van der Waals surface area contributed by atoms with Gasteiger partial charge >= 0.3 is 0 Å². The number of nitrogens with zero attached hydrogens (tertiary/aromatic N) is 1. The Hall–Kier alpha value is -0.960. The van der Waals surface area contributed by atoms with Crippen LogP contribution in [0.15, 0.2) is 23.2 Å². The van der Waals surface area contributed by atoms with Crippen LogP contribution in [0, 0.1) is 23.0 Å². The van der Waals surface area contributed by atoms with Crippen LogP contribution >= 0.6 is 24.0 Å². The zero-order chi connectivity index (χ0) is 18.3. The second-order valence-electron chi connectivity index (χ2n) is 7.81. The Kier molecular flexibility index (Phi) is 6.30. The molecule has 0 aromatic heterocycles. The highest BCUT2D eigenvalue weighted by Crippen LogP contribution is 2.62. The zero-order valence-electron chi connectivity index (χ0n) is 15.8. The van der Waals surface area contributed by atoms with Crippen molar-refractivity contribution in [2.75, 3.05) is 13.2 Å². The van der Waals surface area contributed by atoms with E-state index >= 15 is 0 Å². The first-order valence-electron chi connectivity index (χ1n) is 9.69. The fourth-order valence-corrected chi connectivity index (χ4v) is 5.03. The third-order valence-electron chi connectivity index (χ3n) is 6.43. The SMILES string of the molecule is CCN=C(NC(C)c1ccc(F)cc1F)NC1C2CCOC2C12CCC2.I. The quantitative estimate of drug-likeness (QED) is 0.378. The minimum Gasteiger partial charge on any atom is -0.377 e. The third kappa shape index (κ3) is 3.57. The van der Waals surface area contributed by atoms with Gasteiger partial charge in [-0.2, -0.15) is 0 Å². The van der Waals surface area contributed by atoms with Crippen molar-refractivity contribution in [3.8, 4) is 0 Å². The molecule has 4 atom stereocenters. The smallest absolute Gasteiger partial charge is 0.191 e. The molecule has 2 aliphatic carbocycles. The van der Waals surface area contributed by atoms with E-state index in [2.05, 4.69) is 15.6 Å². The highest BCUT2D eigenvalue weighted by atomic mass is 127. The molecule has 0 radical (unpaired) electrons. The molecule has 1 aromatic rings. The minimum absolute atomic E-state index is 0. The fraction of sp³-hybridized carbons (Fsp3) is 0.650. The van der Waals surface area contributed by atoms with E-state index in [1.54, 1.807) is 0 Å². The second kappa shape index (κ2) is 8.19. The molecule has 150 valence electrons. The maximum Gasteiger partial charge on any atom is 0.191 e. The summed E-state index contributed by atoms with van der Waals surface area (Å²) in [7, 11) is 0. The Bertz CT molecular complexity index is 710. The highest BCUT2D eigenvalue weighted by molar-refractivity contribution is 14.0. The lowest BCUT2D eigenvalue weighted by molar-refractivity contribution is -0.171. The van der Waals surface area contributed by atoms with E-state index in [1.807, 2.05) is 13.8 Å². The normalized spacial score (nSPS) is 29.2. The van der Waals surface area contributed by atoms with Gasteiger partial charge in [0.25, 0.3) is 0 Å². The molecule has 4 rings (SSSR count). The van der Waals surface area contributed by atoms with Crippen LogP contribution in [0.3, 0.4) is 0 Å². The Morgan fingerprint density at radius 2 is 2.15 bits per heavy atom. The molecular formula is C20H28F2IN3O. The topological polar surface area (TPSA) is 45.7 Å². The number of nitrogens with one attached hydrogen (secondary N) is 2. The third-order valence-corrected chi connectivity index (χ3v) is 6.43. The highest BCUT2D eigenvalue weighted by Gasteiger charge is 2.66. The standard InChI is InChI=1S/C20H27F2N3O.HI/c1-3-23-19(24-12(2)14-6-5-13(21)11-16(14)22)25-17-15-7-10-26-18(15)20(17)8-4-9-20;/h5-6,11-12,15,17-18H,3-4,7-10H2,1-2H3,(H2,23,24,25);1H. The Balaban J connectivity index is 0.00000210. The lowest BCUT2D eigenvalue weighted by Gasteiger charge is -2.63. The second-order valence-corrected chi connectivity index (χ2v) is 7.81. The minimum atomic E-state index is -0.562. The number of rotatable bonds is 4. The van der Waals surface area contributed by atoms with Crippen LogP contribution in [-0.4, -0.2) is 31.3 Å². The van der Waals surface area contributed by atoms with E-state index in [1.165, 1.54) is 31.4 Å². The van der Waals surface area contributed by atoms with Crippen molar-refractivity contribution in [3.63, 3.8) is 0 Å². The molecule has 1 spiro atoms. The molecule has 3 fully saturated rings. The van der Waals surface area contributed by atoms with E-state index in [-0.39, 0.29) is 35.4 Å². The predicted molar refractivity (Wildman–Crippen MR) is 112 cm³/mol. The van der Waals surface area contributed by atoms with Gasteiger partial charge in [0, 0.05) is 42.2 Å². The zero-order valence-corrected chi connectivity index (χ0v) is 18.1. The molecule has 4 unspecified atom stereocenters. The van der Waals surface area contributed by atoms with E-state index < -0.39 is 11.6 Å². The van der Waals surface area contributed by atoms with Crippen LogP contribution < -0.4 is 10.6 Å². The molecule has 2 saturated carbocycles. The van der Waals surface area contributed by atoms with E-state index in [0.29, 0.717) is 36.1 Å². The lowest BCUT2D eigenvalue weighted by Crippen LogP contribution is -2.72. The first-order chi connectivity index (χ1) is 12.5. The summed E-state index contributed by atoms with van der Waals surface area (Å²) in [6.45, 7) is 5.33. The van der Waals surface area contributed by atoms with Crippen molar-refractivity contribution in [2.45, 2.75) is 57.7 Å². The number of hydrogen-bond acceptors (Lipinski definition) is 2. The van der Waals surface area contributed by atoms with Gasteiger partial charge in [-0.3, -0.25) is 4.99 Å². The van der Waals surface area contributed by atoms with Gasteiger partial charge in [-0.05, 0) is 39.2 Å².